The fraction of sp³-hybridized carbons (Fsp3) is 0.500. The third-order valence-corrected chi connectivity index (χ3v) is 8.04. The molecular weight excluding hydrogens is 459 g/mol. The molecule has 1 saturated heterocycles. The average Bonchev–Trinajstić information content (AvgIpc) is 2.93. The number of rotatable bonds is 7. The third kappa shape index (κ3) is 5.14. The number of benzene rings is 1. The van der Waals surface area contributed by atoms with Crippen molar-refractivity contribution >= 4 is 39.0 Å². The Hall–Kier alpha value is -1.13. The number of sulfone groups is 1. The second kappa shape index (κ2) is 9.35. The molecule has 1 aromatic carbocycles. The van der Waals surface area contributed by atoms with E-state index in [1.165, 1.54) is 0 Å². The highest BCUT2D eigenvalue weighted by molar-refractivity contribution is 9.10. The molecule has 2 atom stereocenters. The van der Waals surface area contributed by atoms with Gasteiger partial charge in [-0.05, 0) is 48.6 Å². The van der Waals surface area contributed by atoms with Crippen molar-refractivity contribution in [3.8, 4) is 5.75 Å². The summed E-state index contributed by atoms with van der Waals surface area (Å²) < 4.78 is 31.4. The van der Waals surface area contributed by atoms with Crippen molar-refractivity contribution in [2.45, 2.75) is 50.3 Å². The zero-order valence-electron chi connectivity index (χ0n) is 16.3. The van der Waals surface area contributed by atoms with Crippen molar-refractivity contribution in [1.29, 1.82) is 0 Å². The van der Waals surface area contributed by atoms with Crippen LogP contribution in [0.15, 0.2) is 39.4 Å². The van der Waals surface area contributed by atoms with Gasteiger partial charge in [-0.25, -0.2) is 8.42 Å². The van der Waals surface area contributed by atoms with Gasteiger partial charge < -0.3 is 19.9 Å². The average molecular weight is 485 g/mol. The van der Waals surface area contributed by atoms with Crippen LogP contribution >= 0.6 is 15.9 Å². The molecule has 2 aliphatic heterocycles. The van der Waals surface area contributed by atoms with Crippen LogP contribution in [0.2, 0.25) is 6.32 Å². The van der Waals surface area contributed by atoms with Gasteiger partial charge in [0.25, 0.3) is 0 Å². The van der Waals surface area contributed by atoms with Gasteiger partial charge >= 0.3 is 7.12 Å². The fourth-order valence-electron chi connectivity index (χ4n) is 4.19. The number of aliphatic hydroxyl groups excluding tert-OH is 1. The summed E-state index contributed by atoms with van der Waals surface area (Å²) in [6, 6.07) is 5.25. The van der Waals surface area contributed by atoms with E-state index in [1.54, 1.807) is 12.1 Å². The van der Waals surface area contributed by atoms with Crippen molar-refractivity contribution in [3.05, 3.63) is 45.0 Å². The third-order valence-electron chi connectivity index (χ3n) is 5.49. The lowest BCUT2D eigenvalue weighted by molar-refractivity contribution is 0.168. The number of phenols is 1. The highest BCUT2D eigenvalue weighted by Crippen LogP contribution is 2.39. The Kier molecular flexibility index (Phi) is 7.27. The number of hydrogen-bond acceptors (Lipinski definition) is 6. The molecule has 0 saturated carbocycles. The number of hydrogen-bond donors (Lipinski definition) is 3. The molecule has 0 aliphatic carbocycles. The molecule has 0 spiro atoms. The molecule has 1 fully saturated rings. The maximum Gasteiger partial charge on any atom is 0.456 e. The van der Waals surface area contributed by atoms with Gasteiger partial charge in [-0.15, -0.1) is 0 Å². The number of halogens is 1. The molecule has 1 aromatic rings. The van der Waals surface area contributed by atoms with Gasteiger partial charge in [-0.1, -0.05) is 40.9 Å². The molecule has 0 radical (unpaired) electrons. The summed E-state index contributed by atoms with van der Waals surface area (Å²) in [4.78, 5) is 0. The van der Waals surface area contributed by atoms with Crippen LogP contribution in [-0.4, -0.2) is 54.5 Å². The van der Waals surface area contributed by atoms with E-state index < -0.39 is 28.3 Å². The molecule has 2 heterocycles. The Morgan fingerprint density at radius 3 is 2.83 bits per heavy atom. The van der Waals surface area contributed by atoms with Crippen LogP contribution in [0.1, 0.15) is 38.2 Å². The molecule has 2 aliphatic rings. The molecule has 0 unspecified atom stereocenters. The second-order valence-corrected chi connectivity index (χ2v) is 10.7. The second-order valence-electron chi connectivity index (χ2n) is 7.62. The highest BCUT2D eigenvalue weighted by Gasteiger charge is 2.48. The van der Waals surface area contributed by atoms with Crippen LogP contribution in [0.4, 0.5) is 0 Å². The van der Waals surface area contributed by atoms with Gasteiger partial charge in [0, 0.05) is 16.4 Å². The van der Waals surface area contributed by atoms with Crippen LogP contribution in [0, 0.1) is 0 Å². The summed E-state index contributed by atoms with van der Waals surface area (Å²) in [5, 5.41) is 29.1. The van der Waals surface area contributed by atoms with E-state index in [1.807, 2.05) is 12.1 Å². The summed E-state index contributed by atoms with van der Waals surface area (Å²) in [7, 11) is -4.54. The number of fused-ring (bicyclic) bond motifs is 1. The minimum absolute atomic E-state index is 0.0151. The lowest BCUT2D eigenvalue weighted by Crippen LogP contribution is -2.42. The minimum Gasteiger partial charge on any atom is -0.507 e. The quantitative estimate of drug-likeness (QED) is 0.405. The van der Waals surface area contributed by atoms with Crippen LogP contribution in [0.3, 0.4) is 0 Å². The molecule has 158 valence electrons. The van der Waals surface area contributed by atoms with E-state index in [2.05, 4.69) is 22.9 Å². The summed E-state index contributed by atoms with van der Waals surface area (Å²) in [6.45, 7) is 1.76. The highest BCUT2D eigenvalue weighted by atomic mass is 79.9. The summed E-state index contributed by atoms with van der Waals surface area (Å²) in [5.41, 5.74) is 2.94. The topological polar surface area (TPSA) is 104 Å². The standard InChI is InChI=1S/C20H26BBrO6S/c1-2-3-13(8-14-9-16(22)5-6-17(14)24)4-7-18-20-15(11-23)12-29(26,27)19(20)10-21(25)28-18/h5-6,8-9,18-19,23-25H,2-4,7,10-12H2,1H3/b13-8+/t18-,19+/m1/s1. The maximum atomic E-state index is 12.4. The SMILES string of the molecule is CCC/C(=C\c1cc(Br)ccc1O)CC[C@H]1OB(O)C[C@H]2C1=C(CO)CS2(=O)=O. The van der Waals surface area contributed by atoms with Gasteiger partial charge in [0.05, 0.1) is 23.7 Å². The normalized spacial score (nSPS) is 24.1. The first kappa shape index (κ1) is 22.6. The first-order chi connectivity index (χ1) is 13.7. The van der Waals surface area contributed by atoms with E-state index in [9.17, 15) is 23.7 Å². The monoisotopic (exact) mass is 484 g/mol. The largest absolute Gasteiger partial charge is 0.507 e. The Morgan fingerprint density at radius 2 is 2.14 bits per heavy atom. The fourth-order valence-corrected chi connectivity index (χ4v) is 6.67. The summed E-state index contributed by atoms with van der Waals surface area (Å²) in [5.74, 6) is 0.0259. The summed E-state index contributed by atoms with van der Waals surface area (Å²) in [6.07, 6.45) is 4.31. The van der Waals surface area contributed by atoms with Gasteiger partial charge in [-0.3, -0.25) is 0 Å². The predicted molar refractivity (Wildman–Crippen MR) is 117 cm³/mol. The van der Waals surface area contributed by atoms with Crippen LogP contribution in [0.5, 0.6) is 5.75 Å². The Morgan fingerprint density at radius 1 is 1.38 bits per heavy atom. The van der Waals surface area contributed by atoms with Crippen molar-refractivity contribution < 1.29 is 28.3 Å². The van der Waals surface area contributed by atoms with Gasteiger partial charge in [0.2, 0.25) is 0 Å². The van der Waals surface area contributed by atoms with Gasteiger partial charge in [-0.2, -0.15) is 0 Å². The van der Waals surface area contributed by atoms with E-state index >= 15 is 0 Å². The van der Waals surface area contributed by atoms with Crippen molar-refractivity contribution in [2.75, 3.05) is 12.4 Å². The van der Waals surface area contributed by atoms with Gasteiger partial charge in [0.15, 0.2) is 9.84 Å². The smallest absolute Gasteiger partial charge is 0.456 e. The lowest BCUT2D eigenvalue weighted by Gasteiger charge is -2.32. The molecule has 6 nitrogen and oxygen atoms in total. The van der Waals surface area contributed by atoms with E-state index in [-0.39, 0.29) is 24.4 Å². The van der Waals surface area contributed by atoms with Crippen LogP contribution in [0.25, 0.3) is 6.08 Å². The number of phenolic OH excluding ortho intramolecular Hbond substituents is 1. The van der Waals surface area contributed by atoms with Gasteiger partial charge in [0.1, 0.15) is 5.75 Å². The van der Waals surface area contributed by atoms with E-state index in [0.717, 1.165) is 22.9 Å². The molecule has 3 N–H and O–H groups in total. The molecule has 0 bridgehead atoms. The first-order valence-electron chi connectivity index (χ1n) is 9.80. The number of aromatic hydroxyl groups is 1. The maximum absolute atomic E-state index is 12.4. The molecule has 0 amide bonds. The van der Waals surface area contributed by atoms with Crippen LogP contribution in [-0.2, 0) is 14.5 Å². The lowest BCUT2D eigenvalue weighted by atomic mass is 9.74. The Balaban J connectivity index is 1.83. The minimum atomic E-state index is -3.41. The Labute approximate surface area is 180 Å². The van der Waals surface area contributed by atoms with Crippen molar-refractivity contribution in [1.82, 2.24) is 0 Å². The zero-order valence-corrected chi connectivity index (χ0v) is 18.7. The van der Waals surface area contributed by atoms with Crippen LogP contribution < -0.4 is 0 Å². The van der Waals surface area contributed by atoms with Crippen molar-refractivity contribution in [3.63, 3.8) is 0 Å². The molecule has 29 heavy (non-hydrogen) atoms. The summed E-state index contributed by atoms with van der Waals surface area (Å²) >= 11 is 3.41. The molecule has 9 heteroatoms. The zero-order chi connectivity index (χ0) is 21.2. The number of aliphatic hydroxyl groups is 1. The molecule has 3 rings (SSSR count). The van der Waals surface area contributed by atoms with Crippen molar-refractivity contribution in [2.24, 2.45) is 0 Å². The number of allylic oxidation sites excluding steroid dienone is 1. The van der Waals surface area contributed by atoms with E-state index in [4.69, 9.17) is 4.65 Å². The first-order valence-corrected chi connectivity index (χ1v) is 12.3. The Bertz CT molecular complexity index is 927. The van der Waals surface area contributed by atoms with E-state index in [0.29, 0.717) is 29.6 Å². The molecule has 0 aromatic heterocycles. The molecular formula is C20H26BBrO6S. The predicted octanol–water partition coefficient (Wildman–Crippen LogP) is 3.08.